The van der Waals surface area contributed by atoms with Crippen LogP contribution in [-0.4, -0.2) is 29.4 Å². The van der Waals surface area contributed by atoms with Crippen LogP contribution in [0.5, 0.6) is 0 Å². The molecule has 100 valence electrons. The van der Waals surface area contributed by atoms with Gasteiger partial charge in [0.1, 0.15) is 11.8 Å². The average Bonchev–Trinajstić information content (AvgIpc) is 3.00. The van der Waals surface area contributed by atoms with Crippen LogP contribution in [0, 0.1) is 5.92 Å². The number of carbonyl (C=O) groups excluding carboxylic acids is 1. The first kappa shape index (κ1) is 13.4. The zero-order chi connectivity index (χ0) is 13.0. The second-order valence-corrected chi connectivity index (χ2v) is 5.60. The third kappa shape index (κ3) is 2.70. The molecule has 0 radical (unpaired) electrons. The predicted octanol–water partition coefficient (Wildman–Crippen LogP) is 1.83. The van der Waals surface area contributed by atoms with Gasteiger partial charge < -0.3 is 14.9 Å². The second kappa shape index (κ2) is 5.75. The summed E-state index contributed by atoms with van der Waals surface area (Å²) in [5.74, 6) is 0.750. The summed E-state index contributed by atoms with van der Waals surface area (Å²) < 4.78 is 9.97. The number of nitrogens with two attached hydrogens (primary N) is 1. The lowest BCUT2D eigenvalue weighted by molar-refractivity contribution is -0.148. The normalized spacial score (nSPS) is 27.3. The van der Waals surface area contributed by atoms with Crippen LogP contribution < -0.4 is 5.73 Å². The highest BCUT2D eigenvalue weighted by molar-refractivity contribution is 7.99. The van der Waals surface area contributed by atoms with Crippen molar-refractivity contribution in [1.82, 2.24) is 4.98 Å². The van der Waals surface area contributed by atoms with E-state index in [9.17, 15) is 4.79 Å². The van der Waals surface area contributed by atoms with Gasteiger partial charge in [-0.2, -0.15) is 0 Å². The maximum atomic E-state index is 11.8. The van der Waals surface area contributed by atoms with E-state index in [0.29, 0.717) is 11.6 Å². The summed E-state index contributed by atoms with van der Waals surface area (Å²) in [7, 11) is 1.40. The Morgan fingerprint density at radius 2 is 2.61 bits per heavy atom. The fourth-order valence-electron chi connectivity index (χ4n) is 2.53. The number of hydrogen-bond acceptors (Lipinski definition) is 6. The molecule has 1 fully saturated rings. The summed E-state index contributed by atoms with van der Waals surface area (Å²) in [6, 6.07) is 0. The number of thioether (sulfide) groups is 1. The number of carbonyl (C=O) groups is 1. The van der Waals surface area contributed by atoms with E-state index < -0.39 is 5.54 Å². The van der Waals surface area contributed by atoms with Gasteiger partial charge in [0.05, 0.1) is 13.3 Å². The summed E-state index contributed by atoms with van der Waals surface area (Å²) in [5.41, 5.74) is 5.39. The molecule has 0 amide bonds. The highest BCUT2D eigenvalue weighted by Gasteiger charge is 2.46. The first-order chi connectivity index (χ1) is 8.66. The molecular formula is C12H18N2O3S. The van der Waals surface area contributed by atoms with Gasteiger partial charge in [-0.05, 0) is 25.2 Å². The molecule has 2 atom stereocenters. The van der Waals surface area contributed by atoms with Crippen LogP contribution in [0.1, 0.15) is 25.7 Å². The van der Waals surface area contributed by atoms with E-state index in [4.69, 9.17) is 14.9 Å². The highest BCUT2D eigenvalue weighted by Crippen LogP contribution is 2.38. The molecule has 1 aromatic heterocycles. The zero-order valence-corrected chi connectivity index (χ0v) is 11.2. The minimum Gasteiger partial charge on any atom is -0.468 e. The lowest BCUT2D eigenvalue weighted by Gasteiger charge is -2.28. The van der Waals surface area contributed by atoms with E-state index in [2.05, 4.69) is 4.98 Å². The molecule has 0 spiro atoms. The van der Waals surface area contributed by atoms with E-state index in [0.717, 1.165) is 25.0 Å². The number of esters is 1. The topological polar surface area (TPSA) is 78.4 Å². The molecule has 1 aliphatic carbocycles. The van der Waals surface area contributed by atoms with Crippen molar-refractivity contribution in [3.63, 3.8) is 0 Å². The van der Waals surface area contributed by atoms with Crippen LogP contribution in [0.4, 0.5) is 0 Å². The van der Waals surface area contributed by atoms with Gasteiger partial charge in [0, 0.05) is 5.75 Å². The van der Waals surface area contributed by atoms with Crippen molar-refractivity contribution in [2.24, 2.45) is 11.7 Å². The third-order valence-corrected chi connectivity index (χ3v) is 4.43. The largest absolute Gasteiger partial charge is 0.468 e. The van der Waals surface area contributed by atoms with Crippen LogP contribution >= 0.6 is 11.8 Å². The summed E-state index contributed by atoms with van der Waals surface area (Å²) in [6.07, 6.45) is 6.74. The summed E-state index contributed by atoms with van der Waals surface area (Å²) in [5, 5.41) is 0.661. The molecule has 1 aliphatic rings. The molecular weight excluding hydrogens is 252 g/mol. The van der Waals surface area contributed by atoms with Gasteiger partial charge in [-0.3, -0.25) is 4.79 Å². The van der Waals surface area contributed by atoms with Gasteiger partial charge >= 0.3 is 5.97 Å². The number of rotatable bonds is 5. The predicted molar refractivity (Wildman–Crippen MR) is 68.1 cm³/mol. The molecule has 2 unspecified atom stereocenters. The molecule has 0 saturated heterocycles. The Morgan fingerprint density at radius 3 is 3.28 bits per heavy atom. The number of oxazole rings is 1. The van der Waals surface area contributed by atoms with Gasteiger partial charge in [0.25, 0.3) is 5.22 Å². The molecule has 0 aliphatic heterocycles. The van der Waals surface area contributed by atoms with Gasteiger partial charge in [-0.15, -0.1) is 0 Å². The van der Waals surface area contributed by atoms with Crippen LogP contribution in [0.3, 0.4) is 0 Å². The maximum absolute atomic E-state index is 11.8. The van der Waals surface area contributed by atoms with Crippen LogP contribution in [0.15, 0.2) is 22.1 Å². The summed E-state index contributed by atoms with van der Waals surface area (Å²) in [6.45, 7) is 0. The quantitative estimate of drug-likeness (QED) is 0.649. The summed E-state index contributed by atoms with van der Waals surface area (Å²) in [4.78, 5) is 15.8. The van der Waals surface area contributed by atoms with Crippen LogP contribution in [-0.2, 0) is 9.53 Å². The van der Waals surface area contributed by atoms with E-state index in [1.807, 2.05) is 0 Å². The molecule has 1 aromatic rings. The van der Waals surface area contributed by atoms with Crippen molar-refractivity contribution < 1.29 is 13.9 Å². The molecule has 0 aromatic carbocycles. The molecule has 18 heavy (non-hydrogen) atoms. The van der Waals surface area contributed by atoms with Gasteiger partial charge in [0.2, 0.25) is 0 Å². The highest BCUT2D eigenvalue weighted by atomic mass is 32.2. The van der Waals surface area contributed by atoms with Gasteiger partial charge in [0.15, 0.2) is 0 Å². The van der Waals surface area contributed by atoms with Crippen molar-refractivity contribution >= 4 is 17.7 Å². The number of ether oxygens (including phenoxy) is 1. The molecule has 6 heteroatoms. The first-order valence-electron chi connectivity index (χ1n) is 6.06. The Labute approximate surface area is 110 Å². The lowest BCUT2D eigenvalue weighted by atomic mass is 9.86. The number of nitrogens with zero attached hydrogens (tertiary/aromatic N) is 1. The molecule has 2 rings (SSSR count). The Balaban J connectivity index is 1.86. The fraction of sp³-hybridized carbons (Fsp3) is 0.667. The van der Waals surface area contributed by atoms with Crippen molar-refractivity contribution in [3.05, 3.63) is 12.5 Å². The van der Waals surface area contributed by atoms with Crippen molar-refractivity contribution in [2.75, 3.05) is 12.9 Å². The van der Waals surface area contributed by atoms with Crippen LogP contribution in [0.25, 0.3) is 0 Å². The smallest absolute Gasteiger partial charge is 0.326 e. The number of aromatic nitrogens is 1. The van der Waals surface area contributed by atoms with Crippen molar-refractivity contribution in [1.29, 1.82) is 0 Å². The Kier molecular flexibility index (Phi) is 4.29. The molecule has 2 N–H and O–H groups in total. The minimum absolute atomic E-state index is 0.187. The second-order valence-electron chi connectivity index (χ2n) is 4.56. The van der Waals surface area contributed by atoms with E-state index in [-0.39, 0.29) is 11.9 Å². The zero-order valence-electron chi connectivity index (χ0n) is 10.4. The first-order valence-corrected chi connectivity index (χ1v) is 7.05. The Morgan fingerprint density at radius 1 is 1.78 bits per heavy atom. The van der Waals surface area contributed by atoms with Crippen LogP contribution in [0.2, 0.25) is 0 Å². The number of hydrogen-bond donors (Lipinski definition) is 1. The molecule has 0 bridgehead atoms. The fourth-order valence-corrected chi connectivity index (χ4v) is 3.37. The number of methoxy groups -OCH3 is 1. The molecule has 1 saturated carbocycles. The van der Waals surface area contributed by atoms with E-state index in [1.54, 1.807) is 24.2 Å². The van der Waals surface area contributed by atoms with Gasteiger partial charge in [-0.1, -0.05) is 18.2 Å². The average molecular weight is 270 g/mol. The monoisotopic (exact) mass is 270 g/mol. The lowest BCUT2D eigenvalue weighted by Crippen LogP contribution is -2.51. The van der Waals surface area contributed by atoms with E-state index in [1.165, 1.54) is 7.11 Å². The van der Waals surface area contributed by atoms with Gasteiger partial charge in [-0.25, -0.2) is 4.98 Å². The van der Waals surface area contributed by atoms with E-state index >= 15 is 0 Å². The third-order valence-electron chi connectivity index (χ3n) is 3.54. The van der Waals surface area contributed by atoms with Crippen molar-refractivity contribution in [3.8, 4) is 0 Å². The Hall–Kier alpha value is -1.01. The minimum atomic E-state index is -0.800. The standard InChI is InChI=1S/C12H18N2O3S/c1-16-10(15)12(13)5-2-3-9(12)4-8-18-11-14-6-7-17-11/h6-7,9H,2-5,8,13H2,1H3. The van der Waals surface area contributed by atoms with Crippen molar-refractivity contribution in [2.45, 2.75) is 36.4 Å². The Bertz CT molecular complexity index is 396. The molecule has 1 heterocycles. The maximum Gasteiger partial charge on any atom is 0.326 e. The summed E-state index contributed by atoms with van der Waals surface area (Å²) >= 11 is 1.55. The SMILES string of the molecule is COC(=O)C1(N)CCCC1CCSc1ncco1. The molecule has 5 nitrogen and oxygen atoms in total.